The van der Waals surface area contributed by atoms with Crippen LogP contribution < -0.4 is 5.53 Å². The predicted molar refractivity (Wildman–Crippen MR) is 33.0 cm³/mol. The largest absolute Gasteiger partial charge is 0.289 e. The number of ketones is 1. The van der Waals surface area contributed by atoms with Gasteiger partial charge in [0, 0.05) is 15.9 Å². The van der Waals surface area contributed by atoms with Crippen molar-refractivity contribution in [2.75, 3.05) is 6.54 Å². The highest BCUT2D eigenvalue weighted by Gasteiger charge is 2.25. The van der Waals surface area contributed by atoms with Gasteiger partial charge in [0.2, 0.25) is 6.54 Å². The van der Waals surface area contributed by atoms with Gasteiger partial charge in [-0.2, -0.15) is 0 Å². The maximum absolute atomic E-state index is 10.5. The lowest BCUT2D eigenvalue weighted by Crippen LogP contribution is -2.36. The molecule has 0 aliphatic carbocycles. The van der Waals surface area contributed by atoms with E-state index in [1.165, 1.54) is 0 Å². The molecule has 0 spiro atoms. The Morgan fingerprint density at radius 1 is 1.78 bits per heavy atom. The minimum atomic E-state index is -0.316. The lowest BCUT2D eigenvalue weighted by Gasteiger charge is -1.95. The van der Waals surface area contributed by atoms with Crippen molar-refractivity contribution < 1.29 is 9.66 Å². The van der Waals surface area contributed by atoms with Crippen LogP contribution in [0.3, 0.4) is 0 Å². The molecule has 1 rings (SSSR count). The lowest BCUT2D eigenvalue weighted by atomic mass is 10.4. The summed E-state index contributed by atoms with van der Waals surface area (Å²) in [6.45, 7) is -0.190. The number of carbonyl (C=O) groups excluding carboxylic acids is 1. The molecule has 0 fully saturated rings. The highest BCUT2D eigenvalue weighted by Crippen LogP contribution is 1.94. The van der Waals surface area contributed by atoms with Crippen LogP contribution in [0.1, 0.15) is 0 Å². The number of halogens is 1. The number of carbonyl (C=O) groups is 1. The Labute approximate surface area is 58.8 Å². The highest BCUT2D eigenvalue weighted by molar-refractivity contribution is 9.19. The number of nitrogens with zero attached hydrogens (tertiary/aromatic N) is 2. The molecule has 6 heteroatoms. The van der Waals surface area contributed by atoms with E-state index in [2.05, 4.69) is 26.6 Å². The van der Waals surface area contributed by atoms with Gasteiger partial charge in [-0.3, -0.25) is 4.79 Å². The third-order valence-corrected chi connectivity index (χ3v) is 1.40. The average molecular weight is 193 g/mol. The van der Waals surface area contributed by atoms with E-state index >= 15 is 0 Å². The van der Waals surface area contributed by atoms with E-state index in [-0.39, 0.29) is 16.9 Å². The second kappa shape index (κ2) is 2.22. The summed E-state index contributed by atoms with van der Waals surface area (Å²) in [7, 11) is 0. The van der Waals surface area contributed by atoms with E-state index in [0.717, 1.165) is 0 Å². The number of hydrogen-bond acceptors (Lipinski definition) is 3. The first-order valence-electron chi connectivity index (χ1n) is 2.17. The molecule has 48 valence electrons. The first-order chi connectivity index (χ1) is 4.20. The molecule has 0 unspecified atom stereocenters. The van der Waals surface area contributed by atoms with Gasteiger partial charge >= 0.3 is 0 Å². The van der Waals surface area contributed by atoms with E-state index in [4.69, 9.17) is 0 Å². The van der Waals surface area contributed by atoms with E-state index in [9.17, 15) is 9.70 Å². The van der Waals surface area contributed by atoms with Crippen molar-refractivity contribution in [1.29, 1.82) is 0 Å². The number of Topliss-reactive ketones (excluding diaryl/α,β-unsaturated/α-hetero) is 1. The molecule has 0 aromatic heterocycles. The van der Waals surface area contributed by atoms with Gasteiger partial charge in [0.15, 0.2) is 0 Å². The van der Waals surface area contributed by atoms with Crippen LogP contribution in [-0.2, 0) is 4.79 Å². The third-order valence-electron chi connectivity index (χ3n) is 0.777. The van der Waals surface area contributed by atoms with Gasteiger partial charge < -0.3 is 0 Å². The Kier molecular flexibility index (Phi) is 1.56. The van der Waals surface area contributed by atoms with E-state index < -0.39 is 0 Å². The summed E-state index contributed by atoms with van der Waals surface area (Å²) in [6.07, 6.45) is 0. The monoisotopic (exact) mass is 192 g/mol. The van der Waals surface area contributed by atoms with Crippen molar-refractivity contribution in [3.05, 3.63) is 4.91 Å². The second-order valence-electron chi connectivity index (χ2n) is 1.46. The molecule has 5 nitrogen and oxygen atoms in total. The molecule has 0 aromatic carbocycles. The number of hydrazone groups is 1. The summed E-state index contributed by atoms with van der Waals surface area (Å²) in [4.78, 5) is 21.2. The summed E-state index contributed by atoms with van der Waals surface area (Å²) < 4.78 is 0.162. The van der Waals surface area contributed by atoms with E-state index in [1.807, 2.05) is 0 Å². The van der Waals surface area contributed by atoms with Gasteiger partial charge in [-0.1, -0.05) is 0 Å². The maximum atomic E-state index is 10.5. The van der Waals surface area contributed by atoms with Crippen LogP contribution in [-0.4, -0.2) is 21.8 Å². The number of nitrogens with one attached hydrogen (secondary N) is 1. The smallest absolute Gasteiger partial charge is 0.284 e. The zero-order chi connectivity index (χ0) is 6.85. The van der Waals surface area contributed by atoms with Gasteiger partial charge in [0.05, 0.1) is 9.97 Å². The Balaban J connectivity index is 2.79. The minimum Gasteiger partial charge on any atom is -0.284 e. The summed E-state index contributed by atoms with van der Waals surface area (Å²) in [5, 5.41) is 3.34. The number of rotatable bonds is 0. The summed E-state index contributed by atoms with van der Waals surface area (Å²) in [6, 6.07) is 0. The molecule has 0 bridgehead atoms. The fourth-order valence-electron chi connectivity index (χ4n) is 0.393. The molecule has 1 aliphatic rings. The molecule has 0 radical (unpaired) electrons. The molecule has 0 saturated carbocycles. The molecular formula is C3H3BrN3O2+. The number of hydrogen-bond donors (Lipinski definition) is 1. The maximum Gasteiger partial charge on any atom is 0.289 e. The first-order valence-corrected chi connectivity index (χ1v) is 2.96. The van der Waals surface area contributed by atoms with Crippen LogP contribution in [0.15, 0.2) is 5.10 Å². The zero-order valence-electron chi connectivity index (χ0n) is 4.30. The summed E-state index contributed by atoms with van der Waals surface area (Å²) in [5.41, 5.74) is 2.06. The molecule has 0 saturated heterocycles. The summed E-state index contributed by atoms with van der Waals surface area (Å²) >= 11 is 2.85. The van der Waals surface area contributed by atoms with Crippen molar-refractivity contribution in [2.45, 2.75) is 0 Å². The van der Waals surface area contributed by atoms with Gasteiger partial charge in [-0.15, -0.1) is 0 Å². The fraction of sp³-hybridized carbons (Fsp3) is 0.333. The first kappa shape index (κ1) is 6.34. The molecule has 0 amide bonds. The standard InChI is InChI=1S/C3H2BrN3O2/c4-3-2(8)1-7(9)6-5-3/h1H2/p+1. The number of nitroso groups, excluding NO2 is 1. The van der Waals surface area contributed by atoms with Crippen LogP contribution in [0, 0.1) is 4.91 Å². The van der Waals surface area contributed by atoms with Crippen LogP contribution in [0.4, 0.5) is 0 Å². The van der Waals surface area contributed by atoms with Crippen molar-refractivity contribution in [3.8, 4) is 0 Å². The van der Waals surface area contributed by atoms with Crippen molar-refractivity contribution >= 4 is 26.3 Å². The SMILES string of the molecule is O=C1C[N+](=O)NN=C1Br. The topological polar surface area (TPSA) is 61.5 Å². The molecule has 1 aliphatic heterocycles. The Morgan fingerprint density at radius 3 is 2.89 bits per heavy atom. The molecule has 9 heavy (non-hydrogen) atoms. The highest BCUT2D eigenvalue weighted by atomic mass is 79.9. The minimum absolute atomic E-state index is 0.162. The molecule has 1 heterocycles. The Hall–Kier alpha value is -0.780. The Morgan fingerprint density at radius 2 is 2.44 bits per heavy atom. The van der Waals surface area contributed by atoms with Crippen molar-refractivity contribution in [1.82, 2.24) is 5.53 Å². The fourth-order valence-corrected chi connectivity index (χ4v) is 0.598. The third kappa shape index (κ3) is 1.32. The molecule has 1 N–H and O–H groups in total. The van der Waals surface area contributed by atoms with Gasteiger partial charge in [0.1, 0.15) is 0 Å². The van der Waals surface area contributed by atoms with E-state index in [0.29, 0.717) is 4.87 Å². The van der Waals surface area contributed by atoms with Crippen LogP contribution in [0.2, 0.25) is 0 Å². The van der Waals surface area contributed by atoms with Crippen LogP contribution >= 0.6 is 15.9 Å². The molecular weight excluding hydrogens is 190 g/mol. The second-order valence-corrected chi connectivity index (χ2v) is 2.21. The molecule has 0 atom stereocenters. The van der Waals surface area contributed by atoms with E-state index in [1.54, 1.807) is 0 Å². The molecule has 0 aromatic rings. The van der Waals surface area contributed by atoms with Crippen LogP contribution in [0.5, 0.6) is 0 Å². The lowest BCUT2D eigenvalue weighted by molar-refractivity contribution is -0.598. The Bertz CT molecular complexity index is 199. The van der Waals surface area contributed by atoms with Gasteiger partial charge in [0.25, 0.3) is 10.4 Å². The quantitative estimate of drug-likeness (QED) is 0.530. The van der Waals surface area contributed by atoms with Crippen LogP contribution in [0.25, 0.3) is 0 Å². The van der Waals surface area contributed by atoms with Crippen molar-refractivity contribution in [2.24, 2.45) is 5.10 Å². The van der Waals surface area contributed by atoms with Crippen molar-refractivity contribution in [3.63, 3.8) is 0 Å². The zero-order valence-corrected chi connectivity index (χ0v) is 5.88. The normalized spacial score (nSPS) is 19.0. The number of hydrazine groups is 1. The summed E-state index contributed by atoms with van der Waals surface area (Å²) in [5.74, 6) is -0.316. The average Bonchev–Trinajstić information content (AvgIpc) is 1.80. The predicted octanol–water partition coefficient (Wildman–Crippen LogP) is -0.439. The van der Waals surface area contributed by atoms with Gasteiger partial charge in [-0.05, 0) is 10.4 Å². The van der Waals surface area contributed by atoms with Gasteiger partial charge in [-0.25, -0.2) is 0 Å².